The predicted octanol–water partition coefficient (Wildman–Crippen LogP) is 2.56. The minimum atomic E-state index is -0.854. The van der Waals surface area contributed by atoms with E-state index in [1.807, 2.05) is 25.3 Å². The Balaban J connectivity index is 2.98. The molecule has 0 aromatic heterocycles. The van der Waals surface area contributed by atoms with Crippen LogP contribution in [0.25, 0.3) is 0 Å². The number of benzene rings is 1. The van der Waals surface area contributed by atoms with Gasteiger partial charge in [0.15, 0.2) is 0 Å². The molecule has 0 radical (unpaired) electrons. The van der Waals surface area contributed by atoms with Crippen LogP contribution in [0.3, 0.4) is 0 Å². The zero-order valence-electron chi connectivity index (χ0n) is 7.70. The lowest BCUT2D eigenvalue weighted by atomic mass is 10.1. The summed E-state index contributed by atoms with van der Waals surface area (Å²) < 4.78 is 0. The number of hydrogen-bond donors (Lipinski definition) is 1. The minimum Gasteiger partial charge on any atom is -0.478 e. The lowest BCUT2D eigenvalue weighted by Gasteiger charge is -2.03. The quantitative estimate of drug-likeness (QED) is 0.807. The van der Waals surface area contributed by atoms with Gasteiger partial charge in [-0.2, -0.15) is 11.8 Å². The third kappa shape index (κ3) is 2.49. The molecule has 0 amide bonds. The summed E-state index contributed by atoms with van der Waals surface area (Å²) in [5.41, 5.74) is 2.40. The van der Waals surface area contributed by atoms with Crippen molar-refractivity contribution < 1.29 is 9.90 Å². The standard InChI is InChI=1S/C10H12O2S/c1-7-5-8(6-13-2)3-4-9(7)10(11)12/h3-5H,6H2,1-2H3,(H,11,12). The number of hydrogen-bond acceptors (Lipinski definition) is 2. The molecule has 70 valence electrons. The van der Waals surface area contributed by atoms with Crippen molar-refractivity contribution in [2.24, 2.45) is 0 Å². The zero-order valence-corrected chi connectivity index (χ0v) is 8.52. The maximum atomic E-state index is 10.7. The second-order valence-corrected chi connectivity index (χ2v) is 3.75. The van der Waals surface area contributed by atoms with Crippen molar-refractivity contribution in [3.05, 3.63) is 34.9 Å². The Labute approximate surface area is 82.0 Å². The van der Waals surface area contributed by atoms with Crippen molar-refractivity contribution in [3.8, 4) is 0 Å². The van der Waals surface area contributed by atoms with Crippen LogP contribution >= 0.6 is 11.8 Å². The van der Waals surface area contributed by atoms with Crippen LogP contribution in [-0.4, -0.2) is 17.3 Å². The normalized spacial score (nSPS) is 10.0. The highest BCUT2D eigenvalue weighted by atomic mass is 32.2. The third-order valence-corrected chi connectivity index (χ3v) is 2.45. The number of aryl methyl sites for hydroxylation is 1. The summed E-state index contributed by atoms with van der Waals surface area (Å²) in [4.78, 5) is 10.7. The lowest BCUT2D eigenvalue weighted by molar-refractivity contribution is 0.0696. The number of carbonyl (C=O) groups is 1. The van der Waals surface area contributed by atoms with Gasteiger partial charge in [0, 0.05) is 5.75 Å². The molecule has 0 spiro atoms. The van der Waals surface area contributed by atoms with Crippen LogP contribution in [0.4, 0.5) is 0 Å². The monoisotopic (exact) mass is 196 g/mol. The molecule has 1 aromatic rings. The number of carboxylic acid groups (broad SMARTS) is 1. The van der Waals surface area contributed by atoms with Crippen LogP contribution in [0.15, 0.2) is 18.2 Å². The van der Waals surface area contributed by atoms with E-state index in [-0.39, 0.29) is 0 Å². The van der Waals surface area contributed by atoms with E-state index in [0.29, 0.717) is 5.56 Å². The highest BCUT2D eigenvalue weighted by Gasteiger charge is 2.06. The van der Waals surface area contributed by atoms with Crippen LogP contribution in [0.5, 0.6) is 0 Å². The van der Waals surface area contributed by atoms with E-state index in [2.05, 4.69) is 0 Å². The van der Waals surface area contributed by atoms with Crippen molar-refractivity contribution in [2.75, 3.05) is 6.26 Å². The van der Waals surface area contributed by atoms with Crippen LogP contribution in [0, 0.1) is 6.92 Å². The van der Waals surface area contributed by atoms with Gasteiger partial charge in [-0.1, -0.05) is 12.1 Å². The first-order valence-corrected chi connectivity index (χ1v) is 5.36. The molecule has 0 saturated heterocycles. The Morgan fingerprint density at radius 2 is 2.23 bits per heavy atom. The van der Waals surface area contributed by atoms with E-state index in [1.54, 1.807) is 17.8 Å². The van der Waals surface area contributed by atoms with Gasteiger partial charge in [-0.05, 0) is 30.4 Å². The molecule has 0 unspecified atom stereocenters. The third-order valence-electron chi connectivity index (χ3n) is 1.83. The Kier molecular flexibility index (Phi) is 3.37. The molecule has 0 aliphatic carbocycles. The highest BCUT2D eigenvalue weighted by Crippen LogP contribution is 2.14. The number of thioether (sulfide) groups is 1. The second-order valence-electron chi connectivity index (χ2n) is 2.89. The molecular formula is C10H12O2S. The summed E-state index contributed by atoms with van der Waals surface area (Å²) in [6.45, 7) is 1.83. The fraction of sp³-hybridized carbons (Fsp3) is 0.300. The first-order valence-electron chi connectivity index (χ1n) is 3.97. The Hall–Kier alpha value is -0.960. The molecule has 1 rings (SSSR count). The fourth-order valence-electron chi connectivity index (χ4n) is 1.22. The van der Waals surface area contributed by atoms with Crippen molar-refractivity contribution in [2.45, 2.75) is 12.7 Å². The minimum absolute atomic E-state index is 0.393. The van der Waals surface area contributed by atoms with Crippen LogP contribution < -0.4 is 0 Å². The Morgan fingerprint density at radius 1 is 1.54 bits per heavy atom. The highest BCUT2D eigenvalue weighted by molar-refractivity contribution is 7.97. The molecule has 1 N–H and O–H groups in total. The number of aromatic carboxylic acids is 1. The van der Waals surface area contributed by atoms with Crippen molar-refractivity contribution >= 4 is 17.7 Å². The maximum absolute atomic E-state index is 10.7. The first-order chi connectivity index (χ1) is 6.15. The molecule has 3 heteroatoms. The smallest absolute Gasteiger partial charge is 0.335 e. The molecule has 0 fully saturated rings. The Morgan fingerprint density at radius 3 is 2.69 bits per heavy atom. The van der Waals surface area contributed by atoms with Crippen molar-refractivity contribution in [3.63, 3.8) is 0 Å². The van der Waals surface area contributed by atoms with E-state index >= 15 is 0 Å². The topological polar surface area (TPSA) is 37.3 Å². The molecule has 0 atom stereocenters. The van der Waals surface area contributed by atoms with Crippen LogP contribution in [0.2, 0.25) is 0 Å². The summed E-state index contributed by atoms with van der Waals surface area (Å²) in [6.07, 6.45) is 2.03. The van der Waals surface area contributed by atoms with Gasteiger partial charge >= 0.3 is 5.97 Å². The predicted molar refractivity (Wildman–Crippen MR) is 55.4 cm³/mol. The van der Waals surface area contributed by atoms with Gasteiger partial charge in [-0.3, -0.25) is 0 Å². The zero-order chi connectivity index (χ0) is 9.84. The SMILES string of the molecule is CSCc1ccc(C(=O)O)c(C)c1. The van der Waals surface area contributed by atoms with E-state index in [4.69, 9.17) is 5.11 Å². The van der Waals surface area contributed by atoms with Gasteiger partial charge < -0.3 is 5.11 Å². The number of carboxylic acids is 1. The average molecular weight is 196 g/mol. The van der Waals surface area contributed by atoms with Gasteiger partial charge in [-0.25, -0.2) is 4.79 Å². The summed E-state index contributed by atoms with van der Waals surface area (Å²) in [5.74, 6) is 0.0778. The van der Waals surface area contributed by atoms with Crippen molar-refractivity contribution in [1.29, 1.82) is 0 Å². The molecule has 2 nitrogen and oxygen atoms in total. The second kappa shape index (κ2) is 4.33. The summed E-state index contributed by atoms with van der Waals surface area (Å²) >= 11 is 1.73. The molecule has 0 aliphatic rings. The molecule has 0 bridgehead atoms. The van der Waals surface area contributed by atoms with E-state index in [9.17, 15) is 4.79 Å². The van der Waals surface area contributed by atoms with Crippen LogP contribution in [0.1, 0.15) is 21.5 Å². The first kappa shape index (κ1) is 10.1. The molecule has 13 heavy (non-hydrogen) atoms. The van der Waals surface area contributed by atoms with Gasteiger partial charge in [0.2, 0.25) is 0 Å². The molecule has 0 heterocycles. The summed E-state index contributed by atoms with van der Waals surface area (Å²) in [5, 5.41) is 8.78. The lowest BCUT2D eigenvalue weighted by Crippen LogP contribution is -1.99. The Bertz CT molecular complexity index is 321. The van der Waals surface area contributed by atoms with Gasteiger partial charge in [0.25, 0.3) is 0 Å². The average Bonchev–Trinajstić information content (AvgIpc) is 2.04. The fourth-order valence-corrected chi connectivity index (χ4v) is 1.74. The van der Waals surface area contributed by atoms with E-state index in [1.165, 1.54) is 5.56 Å². The molecular weight excluding hydrogens is 184 g/mol. The summed E-state index contributed by atoms with van der Waals surface area (Å²) in [7, 11) is 0. The maximum Gasteiger partial charge on any atom is 0.335 e. The van der Waals surface area contributed by atoms with Gasteiger partial charge in [0.1, 0.15) is 0 Å². The summed E-state index contributed by atoms with van der Waals surface area (Å²) in [6, 6.07) is 5.47. The molecule has 1 aromatic carbocycles. The van der Waals surface area contributed by atoms with Gasteiger partial charge in [-0.15, -0.1) is 0 Å². The largest absolute Gasteiger partial charge is 0.478 e. The van der Waals surface area contributed by atoms with Gasteiger partial charge in [0.05, 0.1) is 5.56 Å². The molecule has 0 aliphatic heterocycles. The van der Waals surface area contributed by atoms with Crippen molar-refractivity contribution in [1.82, 2.24) is 0 Å². The molecule has 0 saturated carbocycles. The van der Waals surface area contributed by atoms with E-state index < -0.39 is 5.97 Å². The number of rotatable bonds is 3. The van der Waals surface area contributed by atoms with E-state index in [0.717, 1.165) is 11.3 Å². The van der Waals surface area contributed by atoms with Crippen LogP contribution in [-0.2, 0) is 5.75 Å².